The fourth-order valence-electron chi connectivity index (χ4n) is 2.09. The second kappa shape index (κ2) is 11.4. The van der Waals surface area contributed by atoms with Gasteiger partial charge in [-0.2, -0.15) is 0 Å². The van der Waals surface area contributed by atoms with E-state index >= 15 is 0 Å². The number of hydrogen-bond acceptors (Lipinski definition) is 4. The molecule has 0 fully saturated rings. The van der Waals surface area contributed by atoms with Crippen LogP contribution >= 0.6 is 0 Å². The number of ether oxygens (including phenoxy) is 2. The van der Waals surface area contributed by atoms with Crippen LogP contribution in [0.4, 0.5) is 0 Å². The van der Waals surface area contributed by atoms with Gasteiger partial charge in [0.05, 0.1) is 19.7 Å². The molecular weight excluding hydrogens is 332 g/mol. The van der Waals surface area contributed by atoms with Crippen LogP contribution in [0.1, 0.15) is 33.3 Å². The highest BCUT2D eigenvalue weighted by Crippen LogP contribution is 2.23. The third-order valence-electron chi connectivity index (χ3n) is 3.19. The van der Waals surface area contributed by atoms with Crippen molar-refractivity contribution in [2.75, 3.05) is 33.4 Å². The van der Waals surface area contributed by atoms with Crippen LogP contribution in [0.15, 0.2) is 29.3 Å². The molecule has 0 aliphatic heterocycles. The van der Waals surface area contributed by atoms with Gasteiger partial charge in [-0.3, -0.25) is 4.79 Å². The largest absolute Gasteiger partial charge is 0.488 e. The summed E-state index contributed by atoms with van der Waals surface area (Å²) in [6.07, 6.45) is 0. The number of benzene rings is 1. The highest BCUT2D eigenvalue weighted by atomic mass is 16.5. The Balaban J connectivity index is 2.68. The Morgan fingerprint density at radius 3 is 2.54 bits per heavy atom. The average molecular weight is 364 g/mol. The lowest BCUT2D eigenvalue weighted by Crippen LogP contribution is -2.43. The van der Waals surface area contributed by atoms with Crippen LogP contribution in [-0.2, 0) is 16.1 Å². The number of aliphatic imine (C=N–C) groups is 1. The van der Waals surface area contributed by atoms with Crippen molar-refractivity contribution in [1.29, 1.82) is 0 Å². The lowest BCUT2D eigenvalue weighted by atomic mass is 10.1. The molecule has 0 radical (unpaired) electrons. The number of para-hydroxylation sites is 1. The van der Waals surface area contributed by atoms with Crippen LogP contribution < -0.4 is 20.7 Å². The van der Waals surface area contributed by atoms with Crippen molar-refractivity contribution in [3.05, 3.63) is 29.8 Å². The van der Waals surface area contributed by atoms with E-state index in [9.17, 15) is 4.79 Å². The summed E-state index contributed by atoms with van der Waals surface area (Å²) in [6, 6.07) is 7.84. The van der Waals surface area contributed by atoms with E-state index in [1.165, 1.54) is 0 Å². The Bertz CT molecular complexity index is 582. The van der Waals surface area contributed by atoms with Gasteiger partial charge < -0.3 is 25.4 Å². The molecule has 0 bridgehead atoms. The topological polar surface area (TPSA) is 84.0 Å². The minimum Gasteiger partial charge on any atom is -0.488 e. The number of methoxy groups -OCH3 is 1. The van der Waals surface area contributed by atoms with Crippen LogP contribution in [0.3, 0.4) is 0 Å². The van der Waals surface area contributed by atoms with Gasteiger partial charge in [-0.1, -0.05) is 18.2 Å². The average Bonchev–Trinajstić information content (AvgIpc) is 2.57. The number of carbonyl (C=O) groups excluding carboxylic acids is 1. The molecule has 0 unspecified atom stereocenters. The standard InChI is InChI=1S/C19H32N4O3/c1-6-20-18(23-14-17(24)21-11-12-25-5)22-13-15-9-7-8-10-16(15)26-19(2,3)4/h7-10H,6,11-14H2,1-5H3,(H,21,24)(H2,20,22,23). The summed E-state index contributed by atoms with van der Waals surface area (Å²) in [4.78, 5) is 16.3. The molecule has 0 saturated carbocycles. The predicted octanol–water partition coefficient (Wildman–Crippen LogP) is 1.68. The summed E-state index contributed by atoms with van der Waals surface area (Å²) in [5.74, 6) is 1.29. The zero-order valence-electron chi connectivity index (χ0n) is 16.5. The Hall–Kier alpha value is -2.28. The number of nitrogens with one attached hydrogen (secondary N) is 3. The molecule has 1 rings (SSSR count). The molecular formula is C19H32N4O3. The van der Waals surface area contributed by atoms with Crippen molar-refractivity contribution >= 4 is 11.9 Å². The number of guanidine groups is 1. The summed E-state index contributed by atoms with van der Waals surface area (Å²) in [5, 5.41) is 8.93. The number of nitrogens with zero attached hydrogens (tertiary/aromatic N) is 1. The summed E-state index contributed by atoms with van der Waals surface area (Å²) in [5.41, 5.74) is 0.715. The van der Waals surface area contributed by atoms with E-state index in [1.54, 1.807) is 7.11 Å². The lowest BCUT2D eigenvalue weighted by molar-refractivity contribution is -0.120. The van der Waals surface area contributed by atoms with E-state index in [4.69, 9.17) is 9.47 Å². The molecule has 0 aromatic heterocycles. The van der Waals surface area contributed by atoms with Gasteiger partial charge in [-0.25, -0.2) is 4.99 Å². The lowest BCUT2D eigenvalue weighted by Gasteiger charge is -2.23. The van der Waals surface area contributed by atoms with Crippen LogP contribution in [-0.4, -0.2) is 50.8 Å². The molecule has 7 heteroatoms. The number of carbonyl (C=O) groups is 1. The maximum Gasteiger partial charge on any atom is 0.239 e. The second-order valence-electron chi connectivity index (χ2n) is 6.71. The van der Waals surface area contributed by atoms with Crippen LogP contribution in [0.25, 0.3) is 0 Å². The van der Waals surface area contributed by atoms with E-state index in [-0.39, 0.29) is 18.1 Å². The van der Waals surface area contributed by atoms with Crippen LogP contribution in [0.2, 0.25) is 0 Å². The van der Waals surface area contributed by atoms with Gasteiger partial charge >= 0.3 is 0 Å². The minimum absolute atomic E-state index is 0.107. The van der Waals surface area contributed by atoms with Crippen molar-refractivity contribution in [2.24, 2.45) is 4.99 Å². The van der Waals surface area contributed by atoms with E-state index in [2.05, 4.69) is 20.9 Å². The molecule has 0 atom stereocenters. The van der Waals surface area contributed by atoms with Gasteiger partial charge in [0, 0.05) is 25.8 Å². The first kappa shape index (κ1) is 21.8. The maximum atomic E-state index is 11.8. The van der Waals surface area contributed by atoms with Gasteiger partial charge in [0.2, 0.25) is 5.91 Å². The molecule has 0 aliphatic rings. The molecule has 26 heavy (non-hydrogen) atoms. The zero-order valence-corrected chi connectivity index (χ0v) is 16.5. The molecule has 146 valence electrons. The highest BCUT2D eigenvalue weighted by Gasteiger charge is 2.14. The fourth-order valence-corrected chi connectivity index (χ4v) is 2.09. The molecule has 0 saturated heterocycles. The van der Waals surface area contributed by atoms with E-state index in [0.717, 1.165) is 11.3 Å². The molecule has 7 nitrogen and oxygen atoms in total. The van der Waals surface area contributed by atoms with E-state index in [1.807, 2.05) is 52.0 Å². The first-order chi connectivity index (χ1) is 12.4. The first-order valence-corrected chi connectivity index (χ1v) is 8.90. The number of amides is 1. The summed E-state index contributed by atoms with van der Waals surface area (Å²) in [6.45, 7) is 10.3. The molecule has 0 heterocycles. The van der Waals surface area contributed by atoms with Gasteiger partial charge in [-0.05, 0) is 33.8 Å². The normalized spacial score (nSPS) is 11.8. The third kappa shape index (κ3) is 9.27. The minimum atomic E-state index is -0.275. The smallest absolute Gasteiger partial charge is 0.239 e. The Labute approximate surface area is 156 Å². The Morgan fingerprint density at radius 1 is 1.15 bits per heavy atom. The van der Waals surface area contributed by atoms with Gasteiger partial charge in [0.15, 0.2) is 5.96 Å². The van der Waals surface area contributed by atoms with Crippen molar-refractivity contribution in [2.45, 2.75) is 39.8 Å². The quantitative estimate of drug-likeness (QED) is 0.353. The van der Waals surface area contributed by atoms with E-state index < -0.39 is 0 Å². The summed E-state index contributed by atoms with van der Waals surface area (Å²) < 4.78 is 10.9. The summed E-state index contributed by atoms with van der Waals surface area (Å²) in [7, 11) is 1.60. The van der Waals surface area contributed by atoms with Crippen LogP contribution in [0.5, 0.6) is 5.75 Å². The monoisotopic (exact) mass is 364 g/mol. The van der Waals surface area contributed by atoms with E-state index in [0.29, 0.717) is 32.2 Å². The third-order valence-corrected chi connectivity index (χ3v) is 3.19. The van der Waals surface area contributed by atoms with Crippen molar-refractivity contribution in [1.82, 2.24) is 16.0 Å². The Morgan fingerprint density at radius 2 is 1.88 bits per heavy atom. The molecule has 1 aromatic carbocycles. The fraction of sp³-hybridized carbons (Fsp3) is 0.579. The van der Waals surface area contributed by atoms with Crippen molar-refractivity contribution < 1.29 is 14.3 Å². The molecule has 1 aromatic rings. The first-order valence-electron chi connectivity index (χ1n) is 8.90. The number of hydrogen-bond donors (Lipinski definition) is 3. The molecule has 0 aliphatic carbocycles. The maximum absolute atomic E-state index is 11.8. The van der Waals surface area contributed by atoms with Crippen molar-refractivity contribution in [3.8, 4) is 5.75 Å². The van der Waals surface area contributed by atoms with Gasteiger partial charge in [0.1, 0.15) is 11.4 Å². The van der Waals surface area contributed by atoms with Gasteiger partial charge in [-0.15, -0.1) is 0 Å². The molecule has 3 N–H and O–H groups in total. The van der Waals surface area contributed by atoms with Crippen molar-refractivity contribution in [3.63, 3.8) is 0 Å². The summed E-state index contributed by atoms with van der Waals surface area (Å²) >= 11 is 0. The van der Waals surface area contributed by atoms with Crippen LogP contribution in [0, 0.1) is 0 Å². The molecule has 0 spiro atoms. The predicted molar refractivity (Wildman–Crippen MR) is 105 cm³/mol. The number of rotatable bonds is 9. The second-order valence-corrected chi connectivity index (χ2v) is 6.71. The SMILES string of the molecule is CCNC(=NCc1ccccc1OC(C)(C)C)NCC(=O)NCCOC. The van der Waals surface area contributed by atoms with Gasteiger partial charge in [0.25, 0.3) is 0 Å². The Kier molecular flexibility index (Phi) is 9.51. The highest BCUT2D eigenvalue weighted by molar-refractivity contribution is 5.86. The molecule has 1 amide bonds. The zero-order chi connectivity index (χ0) is 19.4.